The van der Waals surface area contributed by atoms with Gasteiger partial charge in [0.15, 0.2) is 0 Å². The summed E-state index contributed by atoms with van der Waals surface area (Å²) in [5, 5.41) is 10.2. The summed E-state index contributed by atoms with van der Waals surface area (Å²) in [4.78, 5) is 0. The highest BCUT2D eigenvalue weighted by molar-refractivity contribution is 6.31. The molecular formula is C13H18ClFO2. The Bertz CT molecular complexity index is 344. The van der Waals surface area contributed by atoms with E-state index in [1.165, 1.54) is 12.1 Å². The maximum atomic E-state index is 12.8. The molecule has 0 saturated carbocycles. The molecule has 0 heterocycles. The van der Waals surface area contributed by atoms with E-state index in [0.29, 0.717) is 31.1 Å². The Kier molecular flexibility index (Phi) is 6.48. The highest BCUT2D eigenvalue weighted by atomic mass is 35.5. The zero-order chi connectivity index (χ0) is 12.7. The van der Waals surface area contributed by atoms with Gasteiger partial charge in [-0.15, -0.1) is 0 Å². The minimum Gasteiger partial charge on any atom is -0.393 e. The van der Waals surface area contributed by atoms with Crippen molar-refractivity contribution in [2.24, 2.45) is 0 Å². The molecule has 0 bridgehead atoms. The second kappa shape index (κ2) is 7.64. The third-order valence-electron chi connectivity index (χ3n) is 2.50. The van der Waals surface area contributed by atoms with Gasteiger partial charge in [-0.2, -0.15) is 0 Å². The van der Waals surface area contributed by atoms with Gasteiger partial charge in [-0.05, 0) is 43.9 Å². The Morgan fingerprint density at radius 2 is 2.24 bits per heavy atom. The van der Waals surface area contributed by atoms with Crippen LogP contribution < -0.4 is 0 Å². The Balaban J connectivity index is 2.37. The number of hydrogen-bond acceptors (Lipinski definition) is 2. The second-order valence-corrected chi connectivity index (χ2v) is 4.34. The van der Waals surface area contributed by atoms with Gasteiger partial charge >= 0.3 is 0 Å². The first-order valence-electron chi connectivity index (χ1n) is 5.83. The van der Waals surface area contributed by atoms with Gasteiger partial charge in [0.25, 0.3) is 0 Å². The largest absolute Gasteiger partial charge is 0.393 e. The zero-order valence-corrected chi connectivity index (χ0v) is 10.7. The molecule has 1 rings (SSSR count). The molecule has 0 radical (unpaired) electrons. The summed E-state index contributed by atoms with van der Waals surface area (Å²) in [6, 6.07) is 4.24. The van der Waals surface area contributed by atoms with Gasteiger partial charge in [0.1, 0.15) is 5.82 Å². The molecule has 0 spiro atoms. The maximum absolute atomic E-state index is 12.8. The fourth-order valence-corrected chi connectivity index (χ4v) is 1.85. The predicted octanol–water partition coefficient (Wildman–Crippen LogP) is 3.20. The van der Waals surface area contributed by atoms with Crippen LogP contribution in [0.2, 0.25) is 5.02 Å². The number of hydrogen-bond donors (Lipinski definition) is 1. The lowest BCUT2D eigenvalue weighted by atomic mass is 10.0. The minimum atomic E-state index is -0.460. The van der Waals surface area contributed by atoms with E-state index in [2.05, 4.69) is 0 Å². The van der Waals surface area contributed by atoms with Gasteiger partial charge in [-0.3, -0.25) is 0 Å². The Morgan fingerprint density at radius 1 is 1.47 bits per heavy atom. The summed E-state index contributed by atoms with van der Waals surface area (Å²) in [7, 11) is 0. The number of rotatable bonds is 7. The summed E-state index contributed by atoms with van der Waals surface area (Å²) < 4.78 is 18.0. The molecule has 1 aromatic rings. The first kappa shape index (κ1) is 14.4. The van der Waals surface area contributed by atoms with Gasteiger partial charge in [-0.25, -0.2) is 4.39 Å². The fourth-order valence-electron chi connectivity index (χ4n) is 1.61. The van der Waals surface area contributed by atoms with Crippen molar-refractivity contribution in [3.05, 3.63) is 34.6 Å². The van der Waals surface area contributed by atoms with E-state index < -0.39 is 6.10 Å². The van der Waals surface area contributed by atoms with Crippen molar-refractivity contribution in [2.45, 2.75) is 32.3 Å². The molecule has 96 valence electrons. The van der Waals surface area contributed by atoms with Crippen molar-refractivity contribution in [1.82, 2.24) is 0 Å². The summed E-state index contributed by atoms with van der Waals surface area (Å²) in [6.45, 7) is 3.29. The van der Waals surface area contributed by atoms with Crippen molar-refractivity contribution in [2.75, 3.05) is 13.2 Å². The van der Waals surface area contributed by atoms with E-state index in [-0.39, 0.29) is 5.82 Å². The van der Waals surface area contributed by atoms with Gasteiger partial charge < -0.3 is 9.84 Å². The van der Waals surface area contributed by atoms with Crippen molar-refractivity contribution in [1.29, 1.82) is 0 Å². The SMILES string of the molecule is CCOCCCC(O)Cc1ccc(F)cc1Cl. The third-order valence-corrected chi connectivity index (χ3v) is 2.85. The van der Waals surface area contributed by atoms with Crippen molar-refractivity contribution in [3.8, 4) is 0 Å². The van der Waals surface area contributed by atoms with Crippen molar-refractivity contribution in [3.63, 3.8) is 0 Å². The number of aliphatic hydroxyl groups is 1. The first-order valence-corrected chi connectivity index (χ1v) is 6.21. The van der Waals surface area contributed by atoms with Gasteiger partial charge in [0, 0.05) is 18.2 Å². The number of aliphatic hydroxyl groups excluding tert-OH is 1. The van der Waals surface area contributed by atoms with E-state index in [4.69, 9.17) is 16.3 Å². The highest BCUT2D eigenvalue weighted by Gasteiger charge is 2.09. The van der Waals surface area contributed by atoms with E-state index >= 15 is 0 Å². The van der Waals surface area contributed by atoms with Crippen LogP contribution in [-0.4, -0.2) is 24.4 Å². The summed E-state index contributed by atoms with van der Waals surface area (Å²) in [5.74, 6) is -0.357. The Hall–Kier alpha value is -0.640. The van der Waals surface area contributed by atoms with Gasteiger partial charge in [0.2, 0.25) is 0 Å². The molecule has 0 aromatic heterocycles. The first-order chi connectivity index (χ1) is 8.13. The molecule has 1 N–H and O–H groups in total. The summed E-state index contributed by atoms with van der Waals surface area (Å²) in [6.07, 6.45) is 1.46. The van der Waals surface area contributed by atoms with Crippen LogP contribution >= 0.6 is 11.6 Å². The number of benzene rings is 1. The molecule has 1 unspecified atom stereocenters. The molecule has 4 heteroatoms. The molecule has 0 fully saturated rings. The van der Waals surface area contributed by atoms with E-state index in [9.17, 15) is 9.50 Å². The standard InChI is InChI=1S/C13H18ClFO2/c1-2-17-7-3-4-12(16)8-10-5-6-11(15)9-13(10)14/h5-6,9,12,16H,2-4,7-8H2,1H3. The van der Waals surface area contributed by atoms with Gasteiger partial charge in [-0.1, -0.05) is 17.7 Å². The molecule has 0 aliphatic heterocycles. The van der Waals surface area contributed by atoms with Crippen LogP contribution in [0.15, 0.2) is 18.2 Å². The lowest BCUT2D eigenvalue weighted by molar-refractivity contribution is 0.114. The van der Waals surface area contributed by atoms with Crippen LogP contribution in [0.25, 0.3) is 0 Å². The normalized spacial score (nSPS) is 12.7. The topological polar surface area (TPSA) is 29.5 Å². The highest BCUT2D eigenvalue weighted by Crippen LogP contribution is 2.19. The lowest BCUT2D eigenvalue weighted by Gasteiger charge is -2.11. The predicted molar refractivity (Wildman–Crippen MR) is 66.8 cm³/mol. The summed E-state index contributed by atoms with van der Waals surface area (Å²) in [5.41, 5.74) is 0.775. The lowest BCUT2D eigenvalue weighted by Crippen LogP contribution is -2.12. The Labute approximate surface area is 106 Å². The molecule has 1 atom stereocenters. The fraction of sp³-hybridized carbons (Fsp3) is 0.538. The summed E-state index contributed by atoms with van der Waals surface area (Å²) >= 11 is 5.88. The molecule has 17 heavy (non-hydrogen) atoms. The van der Waals surface area contributed by atoms with Crippen molar-refractivity contribution < 1.29 is 14.2 Å². The van der Waals surface area contributed by atoms with Crippen LogP contribution in [0.4, 0.5) is 4.39 Å². The molecule has 0 amide bonds. The molecular weight excluding hydrogens is 243 g/mol. The molecule has 0 saturated heterocycles. The van der Waals surface area contributed by atoms with Gasteiger partial charge in [0.05, 0.1) is 6.10 Å². The van der Waals surface area contributed by atoms with Crippen LogP contribution in [0.3, 0.4) is 0 Å². The molecule has 0 aliphatic rings. The van der Waals surface area contributed by atoms with Crippen molar-refractivity contribution >= 4 is 11.6 Å². The molecule has 1 aromatic carbocycles. The smallest absolute Gasteiger partial charge is 0.124 e. The monoisotopic (exact) mass is 260 g/mol. The van der Waals surface area contributed by atoms with Crippen LogP contribution in [0.5, 0.6) is 0 Å². The molecule has 2 nitrogen and oxygen atoms in total. The van der Waals surface area contributed by atoms with E-state index in [0.717, 1.165) is 12.0 Å². The minimum absolute atomic E-state index is 0.357. The average molecular weight is 261 g/mol. The number of ether oxygens (including phenoxy) is 1. The molecule has 0 aliphatic carbocycles. The van der Waals surface area contributed by atoms with Crippen LogP contribution in [-0.2, 0) is 11.2 Å². The van der Waals surface area contributed by atoms with Crippen LogP contribution in [0, 0.1) is 5.82 Å². The number of halogens is 2. The Morgan fingerprint density at radius 3 is 2.88 bits per heavy atom. The van der Waals surface area contributed by atoms with E-state index in [1.54, 1.807) is 6.07 Å². The second-order valence-electron chi connectivity index (χ2n) is 3.93. The average Bonchev–Trinajstić information content (AvgIpc) is 2.28. The quantitative estimate of drug-likeness (QED) is 0.763. The zero-order valence-electron chi connectivity index (χ0n) is 9.96. The van der Waals surface area contributed by atoms with Crippen LogP contribution in [0.1, 0.15) is 25.3 Å². The van der Waals surface area contributed by atoms with E-state index in [1.807, 2.05) is 6.92 Å². The third kappa shape index (κ3) is 5.48. The maximum Gasteiger partial charge on any atom is 0.124 e.